The highest BCUT2D eigenvalue weighted by atomic mass is 16.5. The van der Waals surface area contributed by atoms with E-state index in [-0.39, 0.29) is 18.1 Å². The Kier molecular flexibility index (Phi) is 3.82. The Morgan fingerprint density at radius 2 is 2.25 bits per heavy atom. The number of nitrogens with one attached hydrogen (secondary N) is 1. The molecule has 0 bridgehead atoms. The molecule has 4 heteroatoms. The van der Waals surface area contributed by atoms with Crippen LogP contribution >= 0.6 is 0 Å². The van der Waals surface area contributed by atoms with Crippen molar-refractivity contribution in [2.45, 2.75) is 44.8 Å². The second-order valence-corrected chi connectivity index (χ2v) is 4.89. The third kappa shape index (κ3) is 2.23. The minimum atomic E-state index is -0.707. The zero-order valence-corrected chi connectivity index (χ0v) is 9.82. The average molecular weight is 227 g/mol. The number of hydrogen-bond acceptors (Lipinski definition) is 3. The van der Waals surface area contributed by atoms with Crippen molar-refractivity contribution >= 4 is 5.97 Å². The Morgan fingerprint density at radius 1 is 1.44 bits per heavy atom. The summed E-state index contributed by atoms with van der Waals surface area (Å²) in [6.45, 7) is 3.78. The van der Waals surface area contributed by atoms with Gasteiger partial charge in [-0.05, 0) is 25.2 Å². The predicted molar refractivity (Wildman–Crippen MR) is 60.3 cm³/mol. The summed E-state index contributed by atoms with van der Waals surface area (Å²) in [4.78, 5) is 11.0. The Hall–Kier alpha value is -0.610. The minimum absolute atomic E-state index is 0.282. The van der Waals surface area contributed by atoms with Gasteiger partial charge in [0.05, 0.1) is 6.10 Å². The van der Waals surface area contributed by atoms with E-state index in [4.69, 9.17) is 9.84 Å². The molecule has 92 valence electrons. The standard InChI is InChI=1S/C12H21NO3/c1-2-3-6-16-10-5-4-8-9(10)7-13-11(8)12(14)15/h8-11,13H,2-7H2,1H3,(H,14,15)/t8-,9-,10+,11-/m1/s1. The zero-order chi connectivity index (χ0) is 11.5. The molecule has 0 aromatic carbocycles. The van der Waals surface area contributed by atoms with Crippen LogP contribution in [0.1, 0.15) is 32.6 Å². The van der Waals surface area contributed by atoms with Crippen molar-refractivity contribution in [1.29, 1.82) is 0 Å². The van der Waals surface area contributed by atoms with Crippen LogP contribution in [0.2, 0.25) is 0 Å². The third-order valence-electron chi connectivity index (χ3n) is 3.91. The number of aliphatic carboxylic acids is 1. The molecule has 16 heavy (non-hydrogen) atoms. The van der Waals surface area contributed by atoms with Crippen LogP contribution in [0, 0.1) is 11.8 Å². The van der Waals surface area contributed by atoms with Crippen LogP contribution in [0.15, 0.2) is 0 Å². The van der Waals surface area contributed by atoms with Gasteiger partial charge in [-0.15, -0.1) is 0 Å². The number of carboxylic acids is 1. The maximum atomic E-state index is 11.0. The lowest BCUT2D eigenvalue weighted by Crippen LogP contribution is -2.35. The van der Waals surface area contributed by atoms with Gasteiger partial charge < -0.3 is 15.2 Å². The van der Waals surface area contributed by atoms with Gasteiger partial charge in [0.2, 0.25) is 0 Å². The summed E-state index contributed by atoms with van der Waals surface area (Å²) in [6.07, 6.45) is 4.56. The summed E-state index contributed by atoms with van der Waals surface area (Å²) in [5, 5.41) is 12.2. The van der Waals surface area contributed by atoms with Crippen LogP contribution < -0.4 is 5.32 Å². The molecule has 1 saturated carbocycles. The second-order valence-electron chi connectivity index (χ2n) is 4.89. The van der Waals surface area contributed by atoms with Crippen molar-refractivity contribution in [3.63, 3.8) is 0 Å². The Labute approximate surface area is 96.4 Å². The summed E-state index contributed by atoms with van der Waals surface area (Å²) in [5.41, 5.74) is 0. The number of carbonyl (C=O) groups is 1. The van der Waals surface area contributed by atoms with Gasteiger partial charge in [-0.25, -0.2) is 0 Å². The Morgan fingerprint density at radius 3 is 2.94 bits per heavy atom. The molecule has 1 heterocycles. The van der Waals surface area contributed by atoms with Crippen LogP contribution in [0.4, 0.5) is 0 Å². The van der Waals surface area contributed by atoms with E-state index in [0.717, 1.165) is 38.8 Å². The molecule has 1 saturated heterocycles. The molecule has 1 aliphatic heterocycles. The van der Waals surface area contributed by atoms with Gasteiger partial charge >= 0.3 is 5.97 Å². The molecule has 0 aromatic rings. The van der Waals surface area contributed by atoms with Crippen molar-refractivity contribution in [1.82, 2.24) is 5.32 Å². The molecule has 1 aliphatic carbocycles. The lowest BCUT2D eigenvalue weighted by Gasteiger charge is -2.18. The third-order valence-corrected chi connectivity index (χ3v) is 3.91. The molecule has 2 fully saturated rings. The number of fused-ring (bicyclic) bond motifs is 1. The number of unbranched alkanes of at least 4 members (excludes halogenated alkanes) is 1. The highest BCUT2D eigenvalue weighted by Gasteiger charge is 2.47. The van der Waals surface area contributed by atoms with Gasteiger partial charge in [-0.1, -0.05) is 13.3 Å². The molecular weight excluding hydrogens is 206 g/mol. The van der Waals surface area contributed by atoms with Gasteiger partial charge in [0.15, 0.2) is 0 Å². The molecule has 4 nitrogen and oxygen atoms in total. The van der Waals surface area contributed by atoms with Gasteiger partial charge in [-0.2, -0.15) is 0 Å². The van der Waals surface area contributed by atoms with Crippen molar-refractivity contribution < 1.29 is 14.6 Å². The molecule has 0 unspecified atom stereocenters. The summed E-state index contributed by atoms with van der Waals surface area (Å²) < 4.78 is 5.85. The molecule has 4 atom stereocenters. The summed E-state index contributed by atoms with van der Waals surface area (Å²) in [5.74, 6) is -0.0104. The fourth-order valence-corrected chi connectivity index (χ4v) is 3.03. The first-order chi connectivity index (χ1) is 7.74. The average Bonchev–Trinajstić information content (AvgIpc) is 2.80. The summed E-state index contributed by atoms with van der Waals surface area (Å²) >= 11 is 0. The first-order valence-corrected chi connectivity index (χ1v) is 6.31. The monoisotopic (exact) mass is 227 g/mol. The maximum absolute atomic E-state index is 11.0. The number of carboxylic acid groups (broad SMARTS) is 1. The minimum Gasteiger partial charge on any atom is -0.480 e. The first-order valence-electron chi connectivity index (χ1n) is 6.31. The summed E-state index contributed by atoms with van der Waals surface area (Å²) in [7, 11) is 0. The molecule has 2 N–H and O–H groups in total. The molecule has 2 aliphatic rings. The lowest BCUT2D eigenvalue weighted by atomic mass is 9.93. The SMILES string of the molecule is CCCCO[C@H]1CC[C@@H]2[C@H]1CN[C@H]2C(=O)O. The van der Waals surface area contributed by atoms with Crippen LogP contribution in [-0.4, -0.2) is 36.4 Å². The fraction of sp³-hybridized carbons (Fsp3) is 0.917. The second kappa shape index (κ2) is 5.15. The molecule has 2 rings (SSSR count). The van der Waals surface area contributed by atoms with Crippen LogP contribution in [0.5, 0.6) is 0 Å². The van der Waals surface area contributed by atoms with Gasteiger partial charge in [0.1, 0.15) is 6.04 Å². The fourth-order valence-electron chi connectivity index (χ4n) is 3.03. The van der Waals surface area contributed by atoms with Crippen molar-refractivity contribution in [3.05, 3.63) is 0 Å². The van der Waals surface area contributed by atoms with Crippen LogP contribution in [0.25, 0.3) is 0 Å². The summed E-state index contributed by atoms with van der Waals surface area (Å²) in [6, 6.07) is -0.343. The van der Waals surface area contributed by atoms with E-state index < -0.39 is 5.97 Å². The first kappa shape index (κ1) is 11.9. The van der Waals surface area contributed by atoms with E-state index in [1.165, 1.54) is 0 Å². The lowest BCUT2D eigenvalue weighted by molar-refractivity contribution is -0.140. The van der Waals surface area contributed by atoms with Crippen molar-refractivity contribution in [2.24, 2.45) is 11.8 Å². The highest BCUT2D eigenvalue weighted by Crippen LogP contribution is 2.39. The van der Waals surface area contributed by atoms with E-state index >= 15 is 0 Å². The Bertz CT molecular complexity index is 257. The van der Waals surface area contributed by atoms with E-state index in [1.807, 2.05) is 0 Å². The smallest absolute Gasteiger partial charge is 0.320 e. The number of ether oxygens (including phenoxy) is 1. The largest absolute Gasteiger partial charge is 0.480 e. The van der Waals surface area contributed by atoms with Crippen molar-refractivity contribution in [3.8, 4) is 0 Å². The number of rotatable bonds is 5. The van der Waals surface area contributed by atoms with E-state index in [2.05, 4.69) is 12.2 Å². The topological polar surface area (TPSA) is 58.6 Å². The number of hydrogen-bond donors (Lipinski definition) is 2. The van der Waals surface area contributed by atoms with Gasteiger partial charge in [-0.3, -0.25) is 4.79 Å². The van der Waals surface area contributed by atoms with Gasteiger partial charge in [0.25, 0.3) is 0 Å². The molecule has 0 amide bonds. The normalized spacial score (nSPS) is 37.6. The van der Waals surface area contributed by atoms with E-state index in [0.29, 0.717) is 5.92 Å². The molecule has 0 radical (unpaired) electrons. The highest BCUT2D eigenvalue weighted by molar-refractivity contribution is 5.74. The maximum Gasteiger partial charge on any atom is 0.320 e. The van der Waals surface area contributed by atoms with Crippen molar-refractivity contribution in [2.75, 3.05) is 13.2 Å². The molecular formula is C12H21NO3. The zero-order valence-electron chi connectivity index (χ0n) is 9.82. The van der Waals surface area contributed by atoms with Crippen LogP contribution in [-0.2, 0) is 9.53 Å². The Balaban J connectivity index is 1.85. The molecule has 0 spiro atoms. The van der Waals surface area contributed by atoms with Gasteiger partial charge in [0, 0.05) is 19.1 Å². The quantitative estimate of drug-likeness (QED) is 0.694. The van der Waals surface area contributed by atoms with Crippen LogP contribution in [0.3, 0.4) is 0 Å². The van der Waals surface area contributed by atoms with E-state index in [9.17, 15) is 4.79 Å². The predicted octanol–water partition coefficient (Wildman–Crippen LogP) is 1.25. The molecule has 0 aromatic heterocycles. The van der Waals surface area contributed by atoms with E-state index in [1.54, 1.807) is 0 Å².